The van der Waals surface area contributed by atoms with Gasteiger partial charge in [-0.1, -0.05) is 159 Å². The summed E-state index contributed by atoms with van der Waals surface area (Å²) in [6.07, 6.45) is 0. The topological polar surface area (TPSA) is 24.6 Å². The van der Waals surface area contributed by atoms with Gasteiger partial charge in [-0.15, -0.1) is 11.3 Å². The molecule has 4 nitrogen and oxygen atoms in total. The molecule has 68 heavy (non-hydrogen) atoms. The Kier molecular flexibility index (Phi) is 8.64. The van der Waals surface area contributed by atoms with Crippen LogP contribution in [0.15, 0.2) is 168 Å². The SMILES string of the molecule is CC(C)(C)c1ccc(N(c2ccc(C(C)(C)C)cc2)c2ccc3c(c2)N(c2cccc4c2oc2ccccc24)c2cc(C(C)(C)C)cc4c2B3c2cccc3c5c6ccccc6sc5n-4c23)cc1. The van der Waals surface area contributed by atoms with Crippen LogP contribution in [0.3, 0.4) is 0 Å². The maximum Gasteiger partial charge on any atom is 0.252 e. The Morgan fingerprint density at radius 1 is 0.471 bits per heavy atom. The number of anilines is 6. The molecule has 11 aromatic rings. The fourth-order valence-corrected chi connectivity index (χ4v) is 12.5. The minimum absolute atomic E-state index is 0.0127. The maximum atomic E-state index is 6.98. The fourth-order valence-electron chi connectivity index (χ4n) is 11.3. The molecular formula is C62H54BN3OS. The van der Waals surface area contributed by atoms with Gasteiger partial charge in [-0.05, 0) is 116 Å². The molecule has 13 rings (SSSR count). The highest BCUT2D eigenvalue weighted by molar-refractivity contribution is 7.26. The number of hydrogen-bond donors (Lipinski definition) is 0. The van der Waals surface area contributed by atoms with Crippen LogP contribution in [-0.4, -0.2) is 11.3 Å². The van der Waals surface area contributed by atoms with Gasteiger partial charge in [0, 0.05) is 65.8 Å². The lowest BCUT2D eigenvalue weighted by Gasteiger charge is -2.42. The van der Waals surface area contributed by atoms with Crippen LogP contribution >= 0.6 is 11.3 Å². The molecule has 3 aromatic heterocycles. The number of rotatable bonds is 4. The molecule has 0 spiro atoms. The molecule has 0 bridgehead atoms. The van der Waals surface area contributed by atoms with Gasteiger partial charge >= 0.3 is 0 Å². The molecule has 2 aliphatic heterocycles. The summed E-state index contributed by atoms with van der Waals surface area (Å²) in [5, 5.41) is 6.23. The van der Waals surface area contributed by atoms with Gasteiger partial charge in [0.15, 0.2) is 5.58 Å². The molecular weight excluding hydrogens is 846 g/mol. The van der Waals surface area contributed by atoms with E-state index in [1.807, 2.05) is 11.3 Å². The summed E-state index contributed by atoms with van der Waals surface area (Å²) in [5.74, 6) is 0. The zero-order valence-electron chi connectivity index (χ0n) is 40.3. The van der Waals surface area contributed by atoms with Crippen LogP contribution in [0.4, 0.5) is 34.1 Å². The van der Waals surface area contributed by atoms with Gasteiger partial charge in [0.25, 0.3) is 6.71 Å². The molecule has 0 saturated heterocycles. The van der Waals surface area contributed by atoms with Crippen molar-refractivity contribution in [1.82, 2.24) is 4.57 Å². The van der Waals surface area contributed by atoms with Gasteiger partial charge < -0.3 is 18.8 Å². The second kappa shape index (κ2) is 14.3. The van der Waals surface area contributed by atoms with Crippen molar-refractivity contribution >= 4 is 122 Å². The van der Waals surface area contributed by atoms with Gasteiger partial charge in [0.05, 0.1) is 11.2 Å². The first-order valence-corrected chi connectivity index (χ1v) is 24.9. The number of fused-ring (bicyclic) bond motifs is 12. The summed E-state index contributed by atoms with van der Waals surface area (Å²) in [6, 6.07) is 61.8. The Morgan fingerprint density at radius 3 is 1.75 bits per heavy atom. The van der Waals surface area contributed by atoms with E-state index in [-0.39, 0.29) is 23.0 Å². The van der Waals surface area contributed by atoms with E-state index in [0.717, 1.165) is 50.4 Å². The first-order chi connectivity index (χ1) is 32.6. The van der Waals surface area contributed by atoms with Crippen molar-refractivity contribution < 1.29 is 4.42 Å². The standard InChI is InChI=1S/C62H54BN3OS/c1-60(2,3)37-24-28-40(29-25-37)64(41-30-26-38(27-31-41)61(4,5)6)42-32-33-47-50(36-42)65(49-21-15-18-44-43-16-10-12-22-53(43)67-58(44)49)51-34-39(62(7,8)9)35-52-56(51)63(47)48-20-14-19-46-55-45-17-11-13-23-54(45)68-59(55)66(52)57(46)48/h10-36H,1-9H3. The van der Waals surface area contributed by atoms with Crippen LogP contribution in [-0.2, 0) is 16.2 Å². The molecule has 0 N–H and O–H groups in total. The molecule has 0 saturated carbocycles. The Labute approximate surface area is 403 Å². The fraction of sp³-hybridized carbons (Fsp3) is 0.194. The summed E-state index contributed by atoms with van der Waals surface area (Å²) in [5.41, 5.74) is 18.8. The van der Waals surface area contributed by atoms with Crippen LogP contribution in [0.25, 0.3) is 58.8 Å². The van der Waals surface area contributed by atoms with E-state index in [4.69, 9.17) is 4.42 Å². The zero-order valence-corrected chi connectivity index (χ0v) is 41.1. The number of aromatic nitrogens is 1. The Morgan fingerprint density at radius 2 is 1.06 bits per heavy atom. The van der Waals surface area contributed by atoms with E-state index >= 15 is 0 Å². The number of para-hydroxylation sites is 3. The van der Waals surface area contributed by atoms with Crippen molar-refractivity contribution in [1.29, 1.82) is 0 Å². The molecule has 6 heteroatoms. The third kappa shape index (κ3) is 5.99. The van der Waals surface area contributed by atoms with Crippen molar-refractivity contribution in [2.75, 3.05) is 9.80 Å². The Hall–Kier alpha value is -7.02. The molecule has 0 amide bonds. The first-order valence-electron chi connectivity index (χ1n) is 24.1. The first kappa shape index (κ1) is 41.2. The van der Waals surface area contributed by atoms with Crippen molar-refractivity contribution in [3.63, 3.8) is 0 Å². The zero-order chi connectivity index (χ0) is 46.6. The normalized spacial score (nSPS) is 13.6. The summed E-state index contributed by atoms with van der Waals surface area (Å²) < 4.78 is 10.9. The number of nitrogens with zero attached hydrogens (tertiary/aromatic N) is 3. The average molecular weight is 900 g/mol. The van der Waals surface area contributed by atoms with Crippen LogP contribution in [0, 0.1) is 0 Å². The number of furan rings is 1. The number of hydrogen-bond acceptors (Lipinski definition) is 4. The van der Waals surface area contributed by atoms with E-state index in [2.05, 4.69) is 240 Å². The summed E-state index contributed by atoms with van der Waals surface area (Å²) in [4.78, 5) is 6.30. The molecule has 5 heterocycles. The minimum Gasteiger partial charge on any atom is -0.454 e. The molecule has 0 aliphatic carbocycles. The lowest BCUT2D eigenvalue weighted by atomic mass is 9.33. The number of thiophene rings is 1. The van der Waals surface area contributed by atoms with Crippen molar-refractivity contribution in [3.05, 3.63) is 180 Å². The molecule has 332 valence electrons. The molecule has 0 atom stereocenters. The van der Waals surface area contributed by atoms with Crippen molar-refractivity contribution in [2.45, 2.75) is 78.6 Å². The Balaban J connectivity index is 1.14. The van der Waals surface area contributed by atoms with Gasteiger partial charge in [0.1, 0.15) is 10.4 Å². The lowest BCUT2D eigenvalue weighted by Crippen LogP contribution is -2.60. The molecule has 0 radical (unpaired) electrons. The lowest BCUT2D eigenvalue weighted by molar-refractivity contribution is 0.590. The Bertz CT molecular complexity index is 3810. The predicted octanol–water partition coefficient (Wildman–Crippen LogP) is 15.9. The monoisotopic (exact) mass is 899 g/mol. The highest BCUT2D eigenvalue weighted by Crippen LogP contribution is 2.50. The summed E-state index contributed by atoms with van der Waals surface area (Å²) in [7, 11) is 0. The highest BCUT2D eigenvalue weighted by atomic mass is 32.1. The molecule has 0 unspecified atom stereocenters. The third-order valence-corrected chi connectivity index (χ3v) is 16.0. The van der Waals surface area contributed by atoms with Crippen molar-refractivity contribution in [3.8, 4) is 5.69 Å². The molecule has 0 fully saturated rings. The quantitative estimate of drug-likeness (QED) is 0.165. The van der Waals surface area contributed by atoms with E-state index in [9.17, 15) is 0 Å². The smallest absolute Gasteiger partial charge is 0.252 e. The predicted molar refractivity (Wildman–Crippen MR) is 294 cm³/mol. The highest BCUT2D eigenvalue weighted by Gasteiger charge is 2.44. The van der Waals surface area contributed by atoms with Crippen LogP contribution in [0.1, 0.15) is 79.0 Å². The van der Waals surface area contributed by atoms with E-state index < -0.39 is 0 Å². The molecule has 2 aliphatic rings. The average Bonchev–Trinajstić information content (AvgIpc) is 3.99. The summed E-state index contributed by atoms with van der Waals surface area (Å²) in [6.45, 7) is 20.8. The van der Waals surface area contributed by atoms with Gasteiger partial charge in [-0.3, -0.25) is 0 Å². The van der Waals surface area contributed by atoms with E-state index in [0.29, 0.717) is 0 Å². The second-order valence-corrected chi connectivity index (χ2v) is 23.3. The van der Waals surface area contributed by atoms with E-state index in [1.165, 1.54) is 75.7 Å². The van der Waals surface area contributed by atoms with Crippen LogP contribution in [0.5, 0.6) is 0 Å². The maximum absolute atomic E-state index is 6.98. The largest absolute Gasteiger partial charge is 0.454 e. The van der Waals surface area contributed by atoms with E-state index in [1.54, 1.807) is 0 Å². The third-order valence-electron chi connectivity index (χ3n) is 14.9. The van der Waals surface area contributed by atoms with Crippen molar-refractivity contribution in [2.24, 2.45) is 0 Å². The summed E-state index contributed by atoms with van der Waals surface area (Å²) >= 11 is 1.91. The van der Waals surface area contributed by atoms with Crippen LogP contribution < -0.4 is 26.2 Å². The van der Waals surface area contributed by atoms with Crippen LogP contribution in [0.2, 0.25) is 0 Å². The minimum atomic E-state index is -0.141. The van der Waals surface area contributed by atoms with Gasteiger partial charge in [-0.25, -0.2) is 0 Å². The van der Waals surface area contributed by atoms with Gasteiger partial charge in [-0.2, -0.15) is 0 Å². The van der Waals surface area contributed by atoms with Gasteiger partial charge in [0.2, 0.25) is 0 Å². The molecule has 8 aromatic carbocycles. The number of benzene rings is 8. The second-order valence-electron chi connectivity index (χ2n) is 22.2.